The van der Waals surface area contributed by atoms with Crippen molar-refractivity contribution in [3.8, 4) is 0 Å². The molecular formula is C30H49N3O6S. The van der Waals surface area contributed by atoms with E-state index in [9.17, 15) is 28.2 Å². The number of hydrogen-bond donors (Lipinski definition) is 4. The van der Waals surface area contributed by atoms with Crippen molar-refractivity contribution in [2.24, 2.45) is 17.8 Å². The zero-order valence-electron chi connectivity index (χ0n) is 24.3. The van der Waals surface area contributed by atoms with Crippen LogP contribution in [0.25, 0.3) is 0 Å². The Kier molecular flexibility index (Phi) is 14.3. The zero-order valence-corrected chi connectivity index (χ0v) is 25.1. The molecule has 0 spiro atoms. The maximum Gasteiger partial charge on any atom is 0.224 e. The van der Waals surface area contributed by atoms with Gasteiger partial charge in [-0.25, -0.2) is 8.42 Å². The highest BCUT2D eigenvalue weighted by Gasteiger charge is 2.31. The van der Waals surface area contributed by atoms with Gasteiger partial charge in [0, 0.05) is 13.1 Å². The van der Waals surface area contributed by atoms with Gasteiger partial charge < -0.3 is 25.7 Å². The van der Waals surface area contributed by atoms with E-state index in [1.54, 1.807) is 25.9 Å². The number of nitrogens with zero attached hydrogens (tertiary/aromatic N) is 1. The third kappa shape index (κ3) is 12.1. The summed E-state index contributed by atoms with van der Waals surface area (Å²) in [4.78, 5) is 28.1. The van der Waals surface area contributed by atoms with Gasteiger partial charge in [0.1, 0.15) is 6.10 Å². The molecule has 1 fully saturated rings. The second kappa shape index (κ2) is 16.9. The fourth-order valence-electron chi connectivity index (χ4n) is 5.10. The number of carbonyl (C=O) groups is 2. The van der Waals surface area contributed by atoms with Crippen LogP contribution in [0.5, 0.6) is 0 Å². The highest BCUT2D eigenvalue weighted by molar-refractivity contribution is 7.91. The van der Waals surface area contributed by atoms with Crippen LogP contribution in [0.2, 0.25) is 0 Å². The molecule has 9 nitrogen and oxygen atoms in total. The molecule has 0 bridgehead atoms. The molecule has 0 unspecified atom stereocenters. The van der Waals surface area contributed by atoms with Gasteiger partial charge in [-0.15, -0.1) is 6.58 Å². The third-order valence-electron chi connectivity index (χ3n) is 7.67. The van der Waals surface area contributed by atoms with Crippen molar-refractivity contribution < 1.29 is 28.2 Å². The van der Waals surface area contributed by atoms with Gasteiger partial charge in [0.25, 0.3) is 0 Å². The molecule has 5 atom stereocenters. The topological polar surface area (TPSA) is 136 Å². The average Bonchev–Trinajstić information content (AvgIpc) is 2.94. The van der Waals surface area contributed by atoms with Gasteiger partial charge in [0.2, 0.25) is 11.8 Å². The lowest BCUT2D eigenvalue weighted by molar-refractivity contribution is -0.128. The molecule has 0 radical (unpaired) electrons. The van der Waals surface area contributed by atoms with Crippen molar-refractivity contribution in [3.05, 3.63) is 48.6 Å². The van der Waals surface area contributed by atoms with Crippen molar-refractivity contribution in [2.45, 2.75) is 70.1 Å². The van der Waals surface area contributed by atoms with E-state index in [1.165, 1.54) is 12.5 Å². The zero-order chi connectivity index (χ0) is 29.7. The van der Waals surface area contributed by atoms with Crippen molar-refractivity contribution in [3.63, 3.8) is 0 Å². The maximum absolute atomic E-state index is 13.2. The largest absolute Gasteiger partial charge is 0.388 e. The number of benzene rings is 1. The van der Waals surface area contributed by atoms with Crippen LogP contribution in [0.15, 0.2) is 43.0 Å². The van der Waals surface area contributed by atoms with Gasteiger partial charge in [0.05, 0.1) is 35.5 Å². The molecule has 0 heterocycles. The lowest BCUT2D eigenvalue weighted by atomic mass is 9.83. The lowest BCUT2D eigenvalue weighted by Gasteiger charge is -2.32. The SMILES string of the molecule is C=C[C@H](O)[C@H](O)[C@H](CC1CCCCC1)NC(=O)[C@H](C)CNC(=O)[C@H](Cc1ccccc1)CS(=O)(=O)CCN(C)C. The molecule has 1 aliphatic carbocycles. The van der Waals surface area contributed by atoms with E-state index in [0.29, 0.717) is 18.9 Å². The quantitative estimate of drug-likeness (QED) is 0.207. The predicted octanol–water partition coefficient (Wildman–Crippen LogP) is 1.94. The van der Waals surface area contributed by atoms with E-state index in [2.05, 4.69) is 17.2 Å². The summed E-state index contributed by atoms with van der Waals surface area (Å²) in [5.74, 6) is -2.17. The van der Waals surface area contributed by atoms with E-state index >= 15 is 0 Å². The molecule has 2 rings (SSSR count). The number of nitrogens with one attached hydrogen (secondary N) is 2. The smallest absolute Gasteiger partial charge is 0.224 e. The Balaban J connectivity index is 2.04. The summed E-state index contributed by atoms with van der Waals surface area (Å²) >= 11 is 0. The fraction of sp³-hybridized carbons (Fsp3) is 0.667. The first kappa shape index (κ1) is 33.9. The number of amides is 2. The third-order valence-corrected chi connectivity index (χ3v) is 9.39. The van der Waals surface area contributed by atoms with E-state index in [-0.39, 0.29) is 30.4 Å². The average molecular weight is 580 g/mol. The molecule has 1 aliphatic rings. The summed E-state index contributed by atoms with van der Waals surface area (Å²) in [5.41, 5.74) is 0.858. The summed E-state index contributed by atoms with van der Waals surface area (Å²) in [6, 6.07) is 8.63. The lowest BCUT2D eigenvalue weighted by Crippen LogP contribution is -2.51. The van der Waals surface area contributed by atoms with Crippen molar-refractivity contribution >= 4 is 21.7 Å². The second-order valence-corrected chi connectivity index (χ2v) is 13.8. The molecule has 1 aromatic carbocycles. The van der Waals surface area contributed by atoms with Gasteiger partial charge in [-0.1, -0.05) is 75.4 Å². The summed E-state index contributed by atoms with van der Waals surface area (Å²) in [5, 5.41) is 26.5. The van der Waals surface area contributed by atoms with Crippen LogP contribution < -0.4 is 10.6 Å². The summed E-state index contributed by atoms with van der Waals surface area (Å²) in [7, 11) is 0.110. The van der Waals surface area contributed by atoms with E-state index in [0.717, 1.165) is 31.2 Å². The first-order chi connectivity index (χ1) is 18.9. The minimum Gasteiger partial charge on any atom is -0.388 e. The van der Waals surface area contributed by atoms with Gasteiger partial charge in [-0.2, -0.15) is 0 Å². The summed E-state index contributed by atoms with van der Waals surface area (Å²) in [6.45, 7) is 5.61. The predicted molar refractivity (Wildman–Crippen MR) is 158 cm³/mol. The van der Waals surface area contributed by atoms with Gasteiger partial charge in [-0.3, -0.25) is 9.59 Å². The van der Waals surface area contributed by atoms with Crippen molar-refractivity contribution in [1.82, 2.24) is 15.5 Å². The second-order valence-electron chi connectivity index (χ2n) is 11.5. The van der Waals surface area contributed by atoms with Crippen LogP contribution in [0.1, 0.15) is 51.0 Å². The molecule has 4 N–H and O–H groups in total. The van der Waals surface area contributed by atoms with Crippen LogP contribution in [0.4, 0.5) is 0 Å². The van der Waals surface area contributed by atoms with E-state index in [1.807, 2.05) is 30.3 Å². The molecule has 1 aromatic rings. The monoisotopic (exact) mass is 579 g/mol. The molecule has 226 valence electrons. The van der Waals surface area contributed by atoms with E-state index < -0.39 is 45.8 Å². The normalized spacial score (nSPS) is 18.4. The first-order valence-electron chi connectivity index (χ1n) is 14.4. The maximum atomic E-state index is 13.2. The number of aliphatic hydroxyl groups is 2. The standard InChI is InChI=1S/C30H49N3O6S/c1-5-27(34)28(35)26(19-24-14-10-7-11-15-24)32-29(36)22(2)20-31-30(37)25(18-23-12-8-6-9-13-23)21-40(38,39)17-16-33(3)4/h5-6,8-9,12-13,22,24-28,34-35H,1,7,10-11,14-21H2,2-4H3,(H,31,37)(H,32,36)/t22-,25-,26+,27+,28-/m1/s1. The molecule has 40 heavy (non-hydrogen) atoms. The van der Waals surface area contributed by atoms with Crippen LogP contribution in [0.3, 0.4) is 0 Å². The fourth-order valence-corrected chi connectivity index (χ4v) is 6.79. The molecule has 0 aromatic heterocycles. The van der Waals surface area contributed by atoms with Crippen LogP contribution in [0, 0.1) is 17.8 Å². The van der Waals surface area contributed by atoms with Gasteiger partial charge >= 0.3 is 0 Å². The van der Waals surface area contributed by atoms with Gasteiger partial charge in [0.15, 0.2) is 9.84 Å². The Morgan fingerprint density at radius 1 is 1.10 bits per heavy atom. The molecule has 10 heteroatoms. The summed E-state index contributed by atoms with van der Waals surface area (Å²) < 4.78 is 25.6. The number of rotatable bonds is 17. The molecule has 1 saturated carbocycles. The van der Waals surface area contributed by atoms with Crippen LogP contribution in [-0.2, 0) is 25.8 Å². The molecular weight excluding hydrogens is 530 g/mol. The molecule has 0 saturated heterocycles. The van der Waals surface area contributed by atoms with Crippen molar-refractivity contribution in [1.29, 1.82) is 0 Å². The Bertz CT molecular complexity index is 1030. The Morgan fingerprint density at radius 3 is 2.35 bits per heavy atom. The highest BCUT2D eigenvalue weighted by atomic mass is 32.2. The van der Waals surface area contributed by atoms with Gasteiger partial charge in [-0.05, 0) is 38.4 Å². The van der Waals surface area contributed by atoms with Crippen LogP contribution in [-0.4, -0.2) is 92.3 Å². The Morgan fingerprint density at radius 2 is 1.75 bits per heavy atom. The van der Waals surface area contributed by atoms with E-state index in [4.69, 9.17) is 0 Å². The highest BCUT2D eigenvalue weighted by Crippen LogP contribution is 2.28. The minimum atomic E-state index is -3.49. The molecule has 0 aliphatic heterocycles. The minimum absolute atomic E-state index is 0.0178. The Hall–Kier alpha value is -2.27. The van der Waals surface area contributed by atoms with Crippen LogP contribution >= 0.6 is 0 Å². The Labute approximate surface area is 240 Å². The molecule has 2 amide bonds. The number of sulfone groups is 1. The number of carbonyl (C=O) groups excluding carboxylic acids is 2. The number of hydrogen-bond acceptors (Lipinski definition) is 7. The van der Waals surface area contributed by atoms with Crippen molar-refractivity contribution in [2.75, 3.05) is 38.7 Å². The summed E-state index contributed by atoms with van der Waals surface area (Å²) in [6.07, 6.45) is 5.18. The first-order valence-corrected chi connectivity index (χ1v) is 16.2. The number of aliphatic hydroxyl groups excluding tert-OH is 2.